The maximum atomic E-state index is 5.95. The summed E-state index contributed by atoms with van der Waals surface area (Å²) in [6.45, 7) is 0. The second-order valence-electron chi connectivity index (χ2n) is 5.56. The average Bonchev–Trinajstić information content (AvgIpc) is 2.30. The zero-order valence-electron chi connectivity index (χ0n) is 10.8. The van der Waals surface area contributed by atoms with E-state index in [1.54, 1.807) is 0 Å². The van der Waals surface area contributed by atoms with E-state index in [2.05, 4.69) is 0 Å². The number of hydrogen-bond acceptors (Lipinski definition) is 2. The molecule has 0 saturated heterocycles. The van der Waals surface area contributed by atoms with E-state index >= 15 is 0 Å². The zero-order chi connectivity index (χ0) is 11.4. The minimum absolute atomic E-state index is 0.761. The van der Waals surface area contributed by atoms with Crippen LogP contribution in [0.3, 0.4) is 0 Å². The van der Waals surface area contributed by atoms with Crippen LogP contribution in [0.25, 0.3) is 0 Å². The molecule has 3 heteroatoms. The highest BCUT2D eigenvalue weighted by Crippen LogP contribution is 2.44. The normalized spacial score (nSPS) is 24.4. The number of hydrogen-bond donors (Lipinski definition) is 0. The van der Waals surface area contributed by atoms with Crippen molar-refractivity contribution in [2.45, 2.75) is 63.0 Å². The minimum Gasteiger partial charge on any atom is -0.397 e. The number of rotatable bonds is 5. The Bertz CT molecular complexity index is 206. The van der Waals surface area contributed by atoms with Gasteiger partial charge in [0.05, 0.1) is 0 Å². The summed E-state index contributed by atoms with van der Waals surface area (Å²) < 4.78 is 11.9. The first-order valence-electron chi connectivity index (χ1n) is 6.91. The summed E-state index contributed by atoms with van der Waals surface area (Å²) in [6, 6.07) is 1.25. The van der Waals surface area contributed by atoms with Crippen LogP contribution in [-0.4, -0.2) is 22.8 Å². The van der Waals surface area contributed by atoms with Crippen LogP contribution < -0.4 is 0 Å². The highest BCUT2D eigenvalue weighted by atomic mass is 28.4. The van der Waals surface area contributed by atoms with Crippen molar-refractivity contribution in [3.63, 3.8) is 0 Å². The van der Waals surface area contributed by atoms with Gasteiger partial charge in [0, 0.05) is 19.8 Å². The van der Waals surface area contributed by atoms with E-state index in [4.69, 9.17) is 8.85 Å². The van der Waals surface area contributed by atoms with Gasteiger partial charge in [-0.2, -0.15) is 0 Å². The predicted octanol–water partition coefficient (Wildman–Crippen LogP) is 3.86. The van der Waals surface area contributed by atoms with Gasteiger partial charge in [-0.1, -0.05) is 38.5 Å². The van der Waals surface area contributed by atoms with E-state index in [0.29, 0.717) is 0 Å². The average molecular weight is 242 g/mol. The Hall–Kier alpha value is 0.137. The molecule has 0 atom stereocenters. The molecule has 0 unspecified atom stereocenters. The van der Waals surface area contributed by atoms with Gasteiger partial charge in [0.1, 0.15) is 0 Å². The lowest BCUT2D eigenvalue weighted by molar-refractivity contribution is 0.196. The van der Waals surface area contributed by atoms with Gasteiger partial charge in [-0.15, -0.1) is 0 Å². The standard InChI is InChI=1S/C13H26O2Si/c1-14-16(15-2,11-12-7-6-8-12)13-9-4-3-5-10-13/h12-13H,3-11H2,1-2H3. The predicted molar refractivity (Wildman–Crippen MR) is 68.8 cm³/mol. The summed E-state index contributed by atoms with van der Waals surface area (Å²) in [4.78, 5) is 0. The Morgan fingerprint density at radius 2 is 1.50 bits per heavy atom. The van der Waals surface area contributed by atoms with Gasteiger partial charge in [0.15, 0.2) is 0 Å². The Morgan fingerprint density at radius 3 is 1.94 bits per heavy atom. The van der Waals surface area contributed by atoms with Crippen LogP contribution in [0.1, 0.15) is 51.4 Å². The molecule has 2 aliphatic rings. The van der Waals surface area contributed by atoms with Crippen molar-refractivity contribution in [1.29, 1.82) is 0 Å². The Kier molecular flexibility index (Phi) is 4.45. The lowest BCUT2D eigenvalue weighted by atomic mass is 9.87. The third-order valence-electron chi connectivity index (χ3n) is 4.72. The molecule has 0 bridgehead atoms. The molecule has 0 N–H and O–H groups in total. The first kappa shape index (κ1) is 12.6. The molecule has 0 aromatic carbocycles. The second kappa shape index (κ2) is 5.65. The van der Waals surface area contributed by atoms with Gasteiger partial charge < -0.3 is 8.85 Å². The van der Waals surface area contributed by atoms with Crippen LogP contribution >= 0.6 is 0 Å². The van der Waals surface area contributed by atoms with E-state index < -0.39 is 8.56 Å². The lowest BCUT2D eigenvalue weighted by Gasteiger charge is -2.41. The quantitative estimate of drug-likeness (QED) is 0.682. The molecule has 2 saturated carbocycles. The van der Waals surface area contributed by atoms with Gasteiger partial charge in [0.25, 0.3) is 0 Å². The fourth-order valence-corrected chi connectivity index (χ4v) is 7.39. The van der Waals surface area contributed by atoms with Crippen LogP contribution in [0.15, 0.2) is 0 Å². The molecule has 0 spiro atoms. The van der Waals surface area contributed by atoms with E-state index in [1.165, 1.54) is 57.4 Å². The fraction of sp³-hybridized carbons (Fsp3) is 1.00. The van der Waals surface area contributed by atoms with Gasteiger partial charge in [-0.3, -0.25) is 0 Å². The summed E-state index contributed by atoms with van der Waals surface area (Å²) in [5, 5.41) is 0. The van der Waals surface area contributed by atoms with E-state index in [1.807, 2.05) is 14.2 Å². The topological polar surface area (TPSA) is 18.5 Å². The molecule has 0 aliphatic heterocycles. The van der Waals surface area contributed by atoms with E-state index in [-0.39, 0.29) is 0 Å². The van der Waals surface area contributed by atoms with Crippen LogP contribution in [0, 0.1) is 5.92 Å². The van der Waals surface area contributed by atoms with Crippen molar-refractivity contribution in [2.75, 3.05) is 14.2 Å². The highest BCUT2D eigenvalue weighted by Gasteiger charge is 2.46. The van der Waals surface area contributed by atoms with Crippen molar-refractivity contribution in [1.82, 2.24) is 0 Å². The Labute approximate surface area is 101 Å². The summed E-state index contributed by atoms with van der Waals surface area (Å²) in [6.07, 6.45) is 11.1. The van der Waals surface area contributed by atoms with Gasteiger partial charge in [-0.05, 0) is 24.8 Å². The molecule has 16 heavy (non-hydrogen) atoms. The Morgan fingerprint density at radius 1 is 0.875 bits per heavy atom. The largest absolute Gasteiger partial charge is 0.397 e. The van der Waals surface area contributed by atoms with Crippen molar-refractivity contribution < 1.29 is 8.85 Å². The Balaban J connectivity index is 1.99. The molecule has 0 amide bonds. The molecule has 0 radical (unpaired) electrons. The zero-order valence-corrected chi connectivity index (χ0v) is 11.8. The minimum atomic E-state index is -1.88. The molecule has 2 nitrogen and oxygen atoms in total. The maximum absolute atomic E-state index is 5.95. The summed E-state index contributed by atoms with van der Waals surface area (Å²) in [7, 11) is 1.91. The molecular weight excluding hydrogens is 216 g/mol. The van der Waals surface area contributed by atoms with Gasteiger partial charge >= 0.3 is 8.56 Å². The van der Waals surface area contributed by atoms with Crippen LogP contribution in [-0.2, 0) is 8.85 Å². The first-order valence-corrected chi connectivity index (χ1v) is 9.01. The fourth-order valence-electron chi connectivity index (χ4n) is 3.39. The lowest BCUT2D eigenvalue weighted by Crippen LogP contribution is -2.48. The van der Waals surface area contributed by atoms with Crippen molar-refractivity contribution in [3.8, 4) is 0 Å². The molecule has 2 aliphatic carbocycles. The van der Waals surface area contributed by atoms with E-state index in [9.17, 15) is 0 Å². The summed E-state index contributed by atoms with van der Waals surface area (Å²) >= 11 is 0. The SMILES string of the molecule is CO[Si](CC1CCC1)(OC)C1CCCCC1. The van der Waals surface area contributed by atoms with E-state index in [0.717, 1.165) is 11.5 Å². The van der Waals surface area contributed by atoms with Gasteiger partial charge in [0.2, 0.25) is 0 Å². The molecule has 94 valence electrons. The van der Waals surface area contributed by atoms with Crippen molar-refractivity contribution >= 4 is 8.56 Å². The monoisotopic (exact) mass is 242 g/mol. The highest BCUT2D eigenvalue weighted by molar-refractivity contribution is 6.69. The molecule has 0 heterocycles. The maximum Gasteiger partial charge on any atom is 0.341 e. The summed E-state index contributed by atoms with van der Waals surface area (Å²) in [5.74, 6) is 0.911. The molecule has 0 aromatic heterocycles. The smallest absolute Gasteiger partial charge is 0.341 e. The third-order valence-corrected chi connectivity index (χ3v) is 9.07. The molecule has 2 fully saturated rings. The molecule has 2 rings (SSSR count). The van der Waals surface area contributed by atoms with Crippen molar-refractivity contribution in [3.05, 3.63) is 0 Å². The van der Waals surface area contributed by atoms with Crippen molar-refractivity contribution in [2.24, 2.45) is 5.92 Å². The van der Waals surface area contributed by atoms with Crippen LogP contribution in [0.2, 0.25) is 11.6 Å². The molecular formula is C13H26O2Si. The second-order valence-corrected chi connectivity index (χ2v) is 9.22. The van der Waals surface area contributed by atoms with Gasteiger partial charge in [-0.25, -0.2) is 0 Å². The van der Waals surface area contributed by atoms with Crippen LogP contribution in [0.5, 0.6) is 0 Å². The first-order chi connectivity index (χ1) is 7.80. The van der Waals surface area contributed by atoms with Crippen LogP contribution in [0.4, 0.5) is 0 Å². The summed E-state index contributed by atoms with van der Waals surface area (Å²) in [5.41, 5.74) is 0.761. The third kappa shape index (κ3) is 2.52. The molecule has 0 aromatic rings.